The Bertz CT molecular complexity index is 460. The van der Waals surface area contributed by atoms with Crippen molar-refractivity contribution < 1.29 is 4.79 Å². The third kappa shape index (κ3) is 2.91. The Labute approximate surface area is 113 Å². The molecule has 1 aromatic rings. The number of hydrogen-bond donors (Lipinski definition) is 1. The van der Waals surface area contributed by atoms with E-state index in [4.69, 9.17) is 5.73 Å². The minimum Gasteiger partial charge on any atom is -0.396 e. The van der Waals surface area contributed by atoms with E-state index in [0.29, 0.717) is 23.2 Å². The molecule has 0 unspecified atom stereocenters. The van der Waals surface area contributed by atoms with Crippen LogP contribution in [-0.2, 0) is 6.54 Å². The van der Waals surface area contributed by atoms with Crippen molar-refractivity contribution in [3.63, 3.8) is 0 Å². The zero-order valence-corrected chi connectivity index (χ0v) is 11.5. The van der Waals surface area contributed by atoms with Crippen LogP contribution in [-0.4, -0.2) is 33.7 Å². The van der Waals surface area contributed by atoms with Gasteiger partial charge in [0.05, 0.1) is 5.69 Å². The van der Waals surface area contributed by atoms with Crippen molar-refractivity contribution in [2.45, 2.75) is 39.2 Å². The van der Waals surface area contributed by atoms with Crippen LogP contribution in [0.2, 0.25) is 0 Å². The first-order chi connectivity index (χ1) is 9.17. The van der Waals surface area contributed by atoms with Gasteiger partial charge in [0.25, 0.3) is 5.91 Å². The zero-order valence-electron chi connectivity index (χ0n) is 11.5. The van der Waals surface area contributed by atoms with Crippen molar-refractivity contribution in [1.82, 2.24) is 14.7 Å². The predicted octanol–water partition coefficient (Wildman–Crippen LogP) is 1.75. The largest absolute Gasteiger partial charge is 0.396 e. The van der Waals surface area contributed by atoms with Gasteiger partial charge in [0.15, 0.2) is 5.69 Å². The molecule has 5 nitrogen and oxygen atoms in total. The SMILES string of the molecule is CCn1cc(N)c(C(=O)N(CC2CC2)CC2CC2)n1. The second-order valence-electron chi connectivity index (χ2n) is 5.89. The van der Waals surface area contributed by atoms with E-state index in [1.54, 1.807) is 10.9 Å². The minimum absolute atomic E-state index is 0.0171. The van der Waals surface area contributed by atoms with E-state index in [9.17, 15) is 4.79 Å². The maximum absolute atomic E-state index is 12.6. The normalized spacial score (nSPS) is 18.6. The highest BCUT2D eigenvalue weighted by Crippen LogP contribution is 2.34. The van der Waals surface area contributed by atoms with Crippen molar-refractivity contribution in [2.75, 3.05) is 18.8 Å². The Morgan fingerprint density at radius 1 is 1.37 bits per heavy atom. The highest BCUT2D eigenvalue weighted by atomic mass is 16.2. The second kappa shape index (κ2) is 4.87. The van der Waals surface area contributed by atoms with E-state index in [2.05, 4.69) is 5.10 Å². The van der Waals surface area contributed by atoms with E-state index >= 15 is 0 Å². The van der Waals surface area contributed by atoms with E-state index in [-0.39, 0.29) is 5.91 Å². The lowest BCUT2D eigenvalue weighted by molar-refractivity contribution is 0.0733. The van der Waals surface area contributed by atoms with Crippen molar-refractivity contribution in [3.8, 4) is 0 Å². The molecule has 1 aromatic heterocycles. The lowest BCUT2D eigenvalue weighted by Gasteiger charge is -2.21. The summed E-state index contributed by atoms with van der Waals surface area (Å²) in [6.45, 7) is 4.50. The number of rotatable bonds is 6. The number of nitrogens with two attached hydrogens (primary N) is 1. The summed E-state index contributed by atoms with van der Waals surface area (Å²) < 4.78 is 1.73. The monoisotopic (exact) mass is 262 g/mol. The zero-order chi connectivity index (χ0) is 13.4. The molecular weight excluding hydrogens is 240 g/mol. The summed E-state index contributed by atoms with van der Waals surface area (Å²) in [6, 6.07) is 0. The van der Waals surface area contributed by atoms with E-state index in [1.165, 1.54) is 25.7 Å². The van der Waals surface area contributed by atoms with Crippen LogP contribution in [0.1, 0.15) is 43.1 Å². The summed E-state index contributed by atoms with van der Waals surface area (Å²) in [7, 11) is 0. The van der Waals surface area contributed by atoms with Gasteiger partial charge in [-0.2, -0.15) is 5.10 Å². The van der Waals surface area contributed by atoms with Crippen molar-refractivity contribution >= 4 is 11.6 Å². The number of anilines is 1. The van der Waals surface area contributed by atoms with Crippen molar-refractivity contribution in [3.05, 3.63) is 11.9 Å². The van der Waals surface area contributed by atoms with Crippen LogP contribution in [0.15, 0.2) is 6.20 Å². The number of aromatic nitrogens is 2. The van der Waals surface area contributed by atoms with Crippen LogP contribution < -0.4 is 5.73 Å². The molecule has 2 aliphatic carbocycles. The Hall–Kier alpha value is -1.52. The molecule has 0 radical (unpaired) electrons. The van der Waals surface area contributed by atoms with Gasteiger partial charge >= 0.3 is 0 Å². The van der Waals surface area contributed by atoms with Crippen LogP contribution in [0.3, 0.4) is 0 Å². The van der Waals surface area contributed by atoms with Gasteiger partial charge in [0.2, 0.25) is 0 Å². The molecule has 0 aromatic carbocycles. The minimum atomic E-state index is 0.0171. The van der Waals surface area contributed by atoms with Gasteiger partial charge in [-0.05, 0) is 44.4 Å². The lowest BCUT2D eigenvalue weighted by Crippen LogP contribution is -2.35. The number of carbonyl (C=O) groups is 1. The molecule has 1 amide bonds. The second-order valence-corrected chi connectivity index (χ2v) is 5.89. The fraction of sp³-hybridized carbons (Fsp3) is 0.714. The molecule has 1 heterocycles. The molecule has 19 heavy (non-hydrogen) atoms. The van der Waals surface area contributed by atoms with Crippen molar-refractivity contribution in [1.29, 1.82) is 0 Å². The maximum atomic E-state index is 12.6. The summed E-state index contributed by atoms with van der Waals surface area (Å²) >= 11 is 0. The third-order valence-electron chi connectivity index (χ3n) is 3.95. The van der Waals surface area contributed by atoms with E-state index in [0.717, 1.165) is 19.6 Å². The number of carbonyl (C=O) groups excluding carboxylic acids is 1. The highest BCUT2D eigenvalue weighted by molar-refractivity contribution is 5.97. The number of hydrogen-bond acceptors (Lipinski definition) is 3. The Morgan fingerprint density at radius 3 is 2.37 bits per heavy atom. The van der Waals surface area contributed by atoms with Crippen LogP contribution in [0.5, 0.6) is 0 Å². The quantitative estimate of drug-likeness (QED) is 0.849. The molecule has 2 aliphatic rings. The summed E-state index contributed by atoms with van der Waals surface area (Å²) in [6.07, 6.45) is 6.78. The summed E-state index contributed by atoms with van der Waals surface area (Å²) in [5.74, 6) is 1.43. The predicted molar refractivity (Wildman–Crippen MR) is 73.7 cm³/mol. The van der Waals surface area contributed by atoms with Crippen LogP contribution in [0.25, 0.3) is 0 Å². The molecule has 3 rings (SSSR count). The van der Waals surface area contributed by atoms with Gasteiger partial charge in [-0.1, -0.05) is 0 Å². The molecule has 0 bridgehead atoms. The molecular formula is C14H22N4O. The molecule has 104 valence electrons. The Balaban J connectivity index is 1.74. The number of nitrogen functional groups attached to an aromatic ring is 1. The first-order valence-electron chi connectivity index (χ1n) is 7.29. The Morgan fingerprint density at radius 2 is 1.95 bits per heavy atom. The lowest BCUT2D eigenvalue weighted by atomic mass is 10.2. The molecule has 0 aliphatic heterocycles. The summed E-state index contributed by atoms with van der Waals surface area (Å²) in [5.41, 5.74) is 6.85. The molecule has 0 spiro atoms. The van der Waals surface area contributed by atoms with E-state index in [1.807, 2.05) is 11.8 Å². The first-order valence-corrected chi connectivity index (χ1v) is 7.29. The van der Waals surface area contributed by atoms with Gasteiger partial charge in [0.1, 0.15) is 0 Å². The molecule has 2 fully saturated rings. The number of amides is 1. The highest BCUT2D eigenvalue weighted by Gasteiger charge is 2.33. The van der Waals surface area contributed by atoms with Crippen LogP contribution in [0.4, 0.5) is 5.69 Å². The standard InChI is InChI=1S/C14H22N4O/c1-2-18-9-12(15)13(16-18)14(19)17(7-10-3-4-10)8-11-5-6-11/h9-11H,2-8,15H2,1H3. The maximum Gasteiger partial charge on any atom is 0.276 e. The third-order valence-corrected chi connectivity index (χ3v) is 3.95. The topological polar surface area (TPSA) is 64.2 Å². The fourth-order valence-corrected chi connectivity index (χ4v) is 2.38. The van der Waals surface area contributed by atoms with Gasteiger partial charge in [-0.3, -0.25) is 9.48 Å². The van der Waals surface area contributed by atoms with Crippen LogP contribution >= 0.6 is 0 Å². The van der Waals surface area contributed by atoms with Crippen LogP contribution in [0, 0.1) is 11.8 Å². The number of aryl methyl sites for hydroxylation is 1. The average molecular weight is 262 g/mol. The van der Waals surface area contributed by atoms with Gasteiger partial charge in [-0.15, -0.1) is 0 Å². The van der Waals surface area contributed by atoms with E-state index < -0.39 is 0 Å². The smallest absolute Gasteiger partial charge is 0.276 e. The molecule has 0 atom stereocenters. The fourth-order valence-electron chi connectivity index (χ4n) is 2.38. The molecule has 0 saturated heterocycles. The first kappa shape index (κ1) is 12.5. The van der Waals surface area contributed by atoms with Gasteiger partial charge in [0, 0.05) is 25.8 Å². The summed E-state index contributed by atoms with van der Waals surface area (Å²) in [4.78, 5) is 14.6. The Kier molecular flexibility index (Phi) is 3.21. The molecule has 5 heteroatoms. The summed E-state index contributed by atoms with van der Waals surface area (Å²) in [5, 5.41) is 4.30. The molecule has 2 N–H and O–H groups in total. The number of nitrogens with zero attached hydrogens (tertiary/aromatic N) is 3. The molecule has 2 saturated carbocycles. The van der Waals surface area contributed by atoms with Gasteiger partial charge in [-0.25, -0.2) is 0 Å². The van der Waals surface area contributed by atoms with Crippen molar-refractivity contribution in [2.24, 2.45) is 11.8 Å². The average Bonchev–Trinajstić information content (AvgIpc) is 3.30. The van der Waals surface area contributed by atoms with Gasteiger partial charge < -0.3 is 10.6 Å².